The van der Waals surface area contributed by atoms with Gasteiger partial charge in [0.2, 0.25) is 0 Å². The van der Waals surface area contributed by atoms with Crippen molar-refractivity contribution in [1.29, 1.82) is 0 Å². The van der Waals surface area contributed by atoms with Gasteiger partial charge >= 0.3 is 0 Å². The molecule has 1 aliphatic carbocycles. The fraction of sp³-hybridized carbons (Fsp3) is 0.600. The molecule has 0 aromatic heterocycles. The van der Waals surface area contributed by atoms with Crippen LogP contribution in [-0.2, 0) is 4.74 Å². The van der Waals surface area contributed by atoms with Crippen molar-refractivity contribution >= 4 is 22.6 Å². The fourth-order valence-electron chi connectivity index (χ4n) is 2.62. The second-order valence-electron chi connectivity index (χ2n) is 5.10. The molecule has 0 bridgehead atoms. The van der Waals surface area contributed by atoms with Gasteiger partial charge in [0.25, 0.3) is 0 Å². The molecule has 1 aromatic rings. The van der Waals surface area contributed by atoms with E-state index < -0.39 is 0 Å². The highest BCUT2D eigenvalue weighted by Gasteiger charge is 2.26. The number of hydrogen-bond acceptors (Lipinski definition) is 1. The predicted molar refractivity (Wildman–Crippen MR) is 80.5 cm³/mol. The minimum atomic E-state index is -0.150. The maximum atomic E-state index is 13.8. The van der Waals surface area contributed by atoms with Crippen molar-refractivity contribution in [1.82, 2.24) is 0 Å². The summed E-state index contributed by atoms with van der Waals surface area (Å²) in [5.41, 5.74) is 0.699. The number of alkyl halides is 1. The van der Waals surface area contributed by atoms with Crippen molar-refractivity contribution in [3.8, 4) is 0 Å². The van der Waals surface area contributed by atoms with Gasteiger partial charge in [-0.1, -0.05) is 60.6 Å². The van der Waals surface area contributed by atoms with Gasteiger partial charge in [0, 0.05) is 9.99 Å². The van der Waals surface area contributed by atoms with E-state index in [0.717, 1.165) is 10.8 Å². The maximum Gasteiger partial charge on any atom is 0.129 e. The lowest BCUT2D eigenvalue weighted by atomic mass is 9.88. The van der Waals surface area contributed by atoms with E-state index in [4.69, 9.17) is 4.74 Å². The van der Waals surface area contributed by atoms with Crippen LogP contribution in [0.25, 0.3) is 0 Å². The smallest absolute Gasteiger partial charge is 0.129 e. The van der Waals surface area contributed by atoms with Gasteiger partial charge in [-0.05, 0) is 24.8 Å². The van der Waals surface area contributed by atoms with Gasteiger partial charge < -0.3 is 4.74 Å². The lowest BCUT2D eigenvalue weighted by Gasteiger charge is -2.32. The van der Waals surface area contributed by atoms with Crippen LogP contribution in [0, 0.1) is 11.7 Å². The summed E-state index contributed by atoms with van der Waals surface area (Å²) < 4.78 is 20.8. The van der Waals surface area contributed by atoms with Gasteiger partial charge in [-0.2, -0.15) is 0 Å². The summed E-state index contributed by atoms with van der Waals surface area (Å²) >= 11 is 2.28. The van der Waals surface area contributed by atoms with Crippen molar-refractivity contribution in [2.45, 2.75) is 44.8 Å². The molecule has 1 aromatic carbocycles. The van der Waals surface area contributed by atoms with E-state index in [9.17, 15) is 4.39 Å². The molecule has 0 heterocycles. The number of benzene rings is 1. The second kappa shape index (κ2) is 6.85. The van der Waals surface area contributed by atoms with Crippen LogP contribution >= 0.6 is 22.6 Å². The molecule has 3 atom stereocenters. The van der Waals surface area contributed by atoms with Crippen molar-refractivity contribution in [3.63, 3.8) is 0 Å². The molecule has 0 aliphatic heterocycles. The van der Waals surface area contributed by atoms with Crippen LogP contribution in [0.2, 0.25) is 0 Å². The summed E-state index contributed by atoms with van der Waals surface area (Å²) in [5, 5.41) is 0. The Kier molecular flexibility index (Phi) is 5.42. The van der Waals surface area contributed by atoms with Crippen molar-refractivity contribution in [2.75, 3.05) is 4.43 Å². The molecular weight excluding hydrogens is 342 g/mol. The zero-order valence-electron chi connectivity index (χ0n) is 10.7. The maximum absolute atomic E-state index is 13.8. The van der Waals surface area contributed by atoms with Crippen molar-refractivity contribution in [3.05, 3.63) is 35.6 Å². The Morgan fingerprint density at radius 1 is 1.33 bits per heavy atom. The zero-order valence-corrected chi connectivity index (χ0v) is 12.9. The molecule has 3 heteroatoms. The molecule has 100 valence electrons. The van der Waals surface area contributed by atoms with Crippen molar-refractivity contribution < 1.29 is 9.13 Å². The van der Waals surface area contributed by atoms with Crippen LogP contribution in [0.1, 0.15) is 44.3 Å². The Labute approximate surface area is 122 Å². The molecule has 18 heavy (non-hydrogen) atoms. The lowest BCUT2D eigenvalue weighted by Crippen LogP contribution is -2.28. The number of rotatable bonds is 4. The molecule has 1 saturated carbocycles. The normalized spacial score (nSPS) is 25.9. The first kappa shape index (κ1) is 14.3. The van der Waals surface area contributed by atoms with Crippen LogP contribution in [0.3, 0.4) is 0 Å². The van der Waals surface area contributed by atoms with E-state index in [1.54, 1.807) is 6.07 Å². The number of hydrogen-bond donors (Lipinski definition) is 0. The fourth-order valence-corrected chi connectivity index (χ4v) is 3.31. The van der Waals surface area contributed by atoms with E-state index in [1.165, 1.54) is 25.3 Å². The quantitative estimate of drug-likeness (QED) is 0.547. The monoisotopic (exact) mass is 362 g/mol. The Hall–Kier alpha value is -0.160. The predicted octanol–water partition coefficient (Wildman–Crippen LogP) is 4.90. The van der Waals surface area contributed by atoms with E-state index in [-0.39, 0.29) is 18.0 Å². The third kappa shape index (κ3) is 3.44. The SMILES string of the molecule is CC1CCCCC1OC(CI)c1ccccc1F. The second-order valence-corrected chi connectivity index (χ2v) is 5.98. The Morgan fingerprint density at radius 3 is 2.72 bits per heavy atom. The first-order valence-electron chi connectivity index (χ1n) is 6.68. The Balaban J connectivity index is 2.07. The molecule has 0 spiro atoms. The van der Waals surface area contributed by atoms with Crippen molar-refractivity contribution in [2.24, 2.45) is 5.92 Å². The topological polar surface area (TPSA) is 9.23 Å². The number of halogens is 2. The Bertz CT molecular complexity index is 383. The molecule has 2 rings (SSSR count). The molecule has 0 radical (unpaired) electrons. The molecule has 0 amide bonds. The molecule has 0 saturated heterocycles. The van der Waals surface area contributed by atoms with Gasteiger partial charge in [-0.15, -0.1) is 0 Å². The van der Waals surface area contributed by atoms with Gasteiger partial charge in [0.1, 0.15) is 5.82 Å². The van der Waals surface area contributed by atoms with Crippen LogP contribution < -0.4 is 0 Å². The van der Waals surface area contributed by atoms with Gasteiger partial charge in [-0.25, -0.2) is 4.39 Å². The summed E-state index contributed by atoms with van der Waals surface area (Å²) in [4.78, 5) is 0. The molecule has 3 unspecified atom stereocenters. The molecule has 1 fully saturated rings. The molecule has 1 nitrogen and oxygen atoms in total. The Morgan fingerprint density at radius 2 is 2.06 bits per heavy atom. The van der Waals surface area contributed by atoms with Crippen LogP contribution in [-0.4, -0.2) is 10.5 Å². The highest BCUT2D eigenvalue weighted by Crippen LogP contribution is 2.32. The summed E-state index contributed by atoms with van der Waals surface area (Å²) in [6.07, 6.45) is 5.06. The highest BCUT2D eigenvalue weighted by atomic mass is 127. The molecule has 1 aliphatic rings. The standard InChI is InChI=1S/C15H20FIO/c1-11-6-2-5-9-14(11)18-15(10-17)12-7-3-4-8-13(12)16/h3-4,7-8,11,14-15H,2,5-6,9-10H2,1H3. The highest BCUT2D eigenvalue weighted by molar-refractivity contribution is 14.1. The minimum absolute atomic E-state index is 0.114. The summed E-state index contributed by atoms with van der Waals surface area (Å²) in [7, 11) is 0. The van der Waals surface area contributed by atoms with Crippen LogP contribution in [0.5, 0.6) is 0 Å². The summed E-state index contributed by atoms with van der Waals surface area (Å²) in [6.45, 7) is 2.25. The first-order chi connectivity index (χ1) is 8.72. The summed E-state index contributed by atoms with van der Waals surface area (Å²) in [6, 6.07) is 6.96. The minimum Gasteiger partial charge on any atom is -0.369 e. The average molecular weight is 362 g/mol. The third-order valence-electron chi connectivity index (χ3n) is 3.76. The largest absolute Gasteiger partial charge is 0.369 e. The van der Waals surface area contributed by atoms with Gasteiger partial charge in [-0.3, -0.25) is 0 Å². The van der Waals surface area contributed by atoms with Crippen LogP contribution in [0.4, 0.5) is 4.39 Å². The van der Waals surface area contributed by atoms with Crippen LogP contribution in [0.15, 0.2) is 24.3 Å². The van der Waals surface area contributed by atoms with Gasteiger partial charge in [0.05, 0.1) is 12.2 Å². The van der Waals surface area contributed by atoms with E-state index >= 15 is 0 Å². The summed E-state index contributed by atoms with van der Waals surface area (Å²) in [5.74, 6) is 0.443. The molecular formula is C15H20FIO. The average Bonchev–Trinajstić information content (AvgIpc) is 2.39. The van der Waals surface area contributed by atoms with E-state index in [0.29, 0.717) is 11.5 Å². The van der Waals surface area contributed by atoms with Gasteiger partial charge in [0.15, 0.2) is 0 Å². The van der Waals surface area contributed by atoms with E-state index in [2.05, 4.69) is 29.5 Å². The third-order valence-corrected chi connectivity index (χ3v) is 4.56. The zero-order chi connectivity index (χ0) is 13.0. The lowest BCUT2D eigenvalue weighted by molar-refractivity contribution is -0.0473. The number of ether oxygens (including phenoxy) is 1. The first-order valence-corrected chi connectivity index (χ1v) is 8.20. The molecule has 0 N–H and O–H groups in total. The van der Waals surface area contributed by atoms with E-state index in [1.807, 2.05) is 12.1 Å².